The third-order valence-corrected chi connectivity index (χ3v) is 1.78. The van der Waals surface area contributed by atoms with E-state index in [1.165, 1.54) is 0 Å². The number of carbonyl (C=O) groups is 1. The van der Waals surface area contributed by atoms with Gasteiger partial charge in [-0.2, -0.15) is 4.98 Å². The van der Waals surface area contributed by atoms with Gasteiger partial charge in [0.15, 0.2) is 0 Å². The highest BCUT2D eigenvalue weighted by molar-refractivity contribution is 5.74. The molecule has 3 N–H and O–H groups in total. The van der Waals surface area contributed by atoms with E-state index in [1.54, 1.807) is 6.07 Å². The molecule has 16 heavy (non-hydrogen) atoms. The Balaban J connectivity index is 2.61. The van der Waals surface area contributed by atoms with E-state index in [0.717, 1.165) is 5.69 Å². The molecule has 6 heteroatoms. The van der Waals surface area contributed by atoms with Crippen LogP contribution in [-0.2, 0) is 4.79 Å². The molecule has 1 aromatic rings. The molecule has 0 unspecified atom stereocenters. The van der Waals surface area contributed by atoms with Gasteiger partial charge in [0.1, 0.15) is 0 Å². The summed E-state index contributed by atoms with van der Waals surface area (Å²) in [4.78, 5) is 18.8. The predicted molar refractivity (Wildman–Crippen MR) is 60.2 cm³/mol. The normalized spacial score (nSPS) is 9.88. The lowest BCUT2D eigenvalue weighted by molar-refractivity contribution is -0.117. The van der Waals surface area contributed by atoms with Crippen LogP contribution in [0.5, 0.6) is 5.88 Å². The van der Waals surface area contributed by atoms with E-state index in [1.807, 2.05) is 13.8 Å². The summed E-state index contributed by atoms with van der Waals surface area (Å²) in [6.07, 6.45) is 0.251. The second-order valence-electron chi connectivity index (χ2n) is 3.25. The van der Waals surface area contributed by atoms with E-state index in [2.05, 4.69) is 15.3 Å². The van der Waals surface area contributed by atoms with Gasteiger partial charge in [-0.1, -0.05) is 0 Å². The van der Waals surface area contributed by atoms with Crippen LogP contribution in [0.4, 0.5) is 5.95 Å². The van der Waals surface area contributed by atoms with Gasteiger partial charge in [0, 0.05) is 24.7 Å². The minimum atomic E-state index is -0.356. The molecule has 1 amide bonds. The topological polar surface area (TPSA) is 90.1 Å². The van der Waals surface area contributed by atoms with Crippen LogP contribution < -0.4 is 15.8 Å². The maximum Gasteiger partial charge on any atom is 0.226 e. The number of primary amides is 1. The van der Waals surface area contributed by atoms with Crippen LogP contribution in [0.2, 0.25) is 0 Å². The van der Waals surface area contributed by atoms with Crippen molar-refractivity contribution < 1.29 is 9.53 Å². The highest BCUT2D eigenvalue weighted by Gasteiger charge is 2.02. The minimum absolute atomic E-state index is 0.251. The number of amides is 1. The summed E-state index contributed by atoms with van der Waals surface area (Å²) >= 11 is 0. The standard InChI is InChI=1S/C10H16N4O2/c1-3-16-9-6-7(2)13-10(14-9)12-5-4-8(11)15/h6H,3-5H2,1-2H3,(H2,11,15)(H,12,13,14). The van der Waals surface area contributed by atoms with E-state index in [0.29, 0.717) is 25.0 Å². The number of nitrogens with two attached hydrogens (primary N) is 1. The zero-order valence-electron chi connectivity index (χ0n) is 9.49. The maximum atomic E-state index is 10.5. The van der Waals surface area contributed by atoms with Crippen molar-refractivity contribution in [1.82, 2.24) is 9.97 Å². The summed E-state index contributed by atoms with van der Waals surface area (Å²) in [6.45, 7) is 4.71. The van der Waals surface area contributed by atoms with Gasteiger partial charge in [0.2, 0.25) is 17.7 Å². The molecule has 1 heterocycles. The van der Waals surface area contributed by atoms with Crippen LogP contribution in [-0.4, -0.2) is 29.0 Å². The third-order valence-electron chi connectivity index (χ3n) is 1.78. The number of nitrogens with zero attached hydrogens (tertiary/aromatic N) is 2. The van der Waals surface area contributed by atoms with Gasteiger partial charge in [0.05, 0.1) is 6.61 Å². The van der Waals surface area contributed by atoms with Crippen LogP contribution >= 0.6 is 0 Å². The molecule has 0 aliphatic carbocycles. The number of carbonyl (C=O) groups excluding carboxylic acids is 1. The number of rotatable bonds is 6. The summed E-state index contributed by atoms with van der Waals surface area (Å²) in [5.41, 5.74) is 5.83. The van der Waals surface area contributed by atoms with E-state index < -0.39 is 0 Å². The number of ether oxygens (including phenoxy) is 1. The van der Waals surface area contributed by atoms with Crippen LogP contribution in [0.1, 0.15) is 19.0 Å². The van der Waals surface area contributed by atoms with Crippen molar-refractivity contribution in [2.24, 2.45) is 5.73 Å². The lowest BCUT2D eigenvalue weighted by Crippen LogP contribution is -2.17. The van der Waals surface area contributed by atoms with Crippen molar-refractivity contribution in [3.8, 4) is 5.88 Å². The highest BCUT2D eigenvalue weighted by Crippen LogP contribution is 2.11. The van der Waals surface area contributed by atoms with Crippen molar-refractivity contribution >= 4 is 11.9 Å². The average Bonchev–Trinajstić information content (AvgIpc) is 2.16. The second-order valence-corrected chi connectivity index (χ2v) is 3.25. The van der Waals surface area contributed by atoms with Gasteiger partial charge >= 0.3 is 0 Å². The molecule has 0 fully saturated rings. The van der Waals surface area contributed by atoms with Gasteiger partial charge in [-0.05, 0) is 13.8 Å². The van der Waals surface area contributed by atoms with Crippen molar-refractivity contribution in [1.29, 1.82) is 0 Å². The maximum absolute atomic E-state index is 10.5. The molecule has 0 aromatic carbocycles. The first kappa shape index (κ1) is 12.2. The fourth-order valence-electron chi connectivity index (χ4n) is 1.14. The van der Waals surface area contributed by atoms with Gasteiger partial charge in [-0.3, -0.25) is 4.79 Å². The lowest BCUT2D eigenvalue weighted by atomic mass is 10.4. The molecular formula is C10H16N4O2. The third kappa shape index (κ3) is 4.12. The van der Waals surface area contributed by atoms with Crippen molar-refractivity contribution in [2.75, 3.05) is 18.5 Å². The Morgan fingerprint density at radius 3 is 2.94 bits per heavy atom. The van der Waals surface area contributed by atoms with Gasteiger partial charge in [0.25, 0.3) is 0 Å². The summed E-state index contributed by atoms with van der Waals surface area (Å²) in [5, 5.41) is 2.91. The van der Waals surface area contributed by atoms with E-state index in [4.69, 9.17) is 10.5 Å². The van der Waals surface area contributed by atoms with E-state index >= 15 is 0 Å². The molecule has 0 aliphatic rings. The number of aromatic nitrogens is 2. The molecule has 6 nitrogen and oxygen atoms in total. The Bertz CT molecular complexity index is 368. The van der Waals surface area contributed by atoms with Gasteiger partial charge in [-0.15, -0.1) is 0 Å². The molecule has 0 aliphatic heterocycles. The van der Waals surface area contributed by atoms with Crippen molar-refractivity contribution in [3.63, 3.8) is 0 Å². The number of nitrogens with one attached hydrogen (secondary N) is 1. The van der Waals surface area contributed by atoms with Crippen molar-refractivity contribution in [2.45, 2.75) is 20.3 Å². The quantitative estimate of drug-likeness (QED) is 0.733. The predicted octanol–water partition coefficient (Wildman–Crippen LogP) is 0.471. The zero-order chi connectivity index (χ0) is 12.0. The first-order valence-corrected chi connectivity index (χ1v) is 5.12. The number of aryl methyl sites for hydroxylation is 1. The van der Waals surface area contributed by atoms with E-state index in [9.17, 15) is 4.79 Å². The van der Waals surface area contributed by atoms with Crippen LogP contribution in [0, 0.1) is 6.92 Å². The summed E-state index contributed by atoms with van der Waals surface area (Å²) in [6, 6.07) is 1.75. The fourth-order valence-corrected chi connectivity index (χ4v) is 1.14. The van der Waals surface area contributed by atoms with Crippen molar-refractivity contribution in [3.05, 3.63) is 11.8 Å². The van der Waals surface area contributed by atoms with Crippen LogP contribution in [0.25, 0.3) is 0 Å². The molecule has 1 rings (SSSR count). The second kappa shape index (κ2) is 5.89. The van der Waals surface area contributed by atoms with E-state index in [-0.39, 0.29) is 12.3 Å². The summed E-state index contributed by atoms with van der Waals surface area (Å²) < 4.78 is 5.27. The van der Waals surface area contributed by atoms with Gasteiger partial charge < -0.3 is 15.8 Å². The number of hydrogen-bond acceptors (Lipinski definition) is 5. The molecule has 0 spiro atoms. The lowest BCUT2D eigenvalue weighted by Gasteiger charge is -2.07. The number of anilines is 1. The van der Waals surface area contributed by atoms with Crippen LogP contribution in [0.3, 0.4) is 0 Å². The molecule has 0 radical (unpaired) electrons. The molecule has 0 atom stereocenters. The summed E-state index contributed by atoms with van der Waals surface area (Å²) in [7, 11) is 0. The monoisotopic (exact) mass is 224 g/mol. The fraction of sp³-hybridized carbons (Fsp3) is 0.500. The minimum Gasteiger partial charge on any atom is -0.478 e. The zero-order valence-corrected chi connectivity index (χ0v) is 9.49. The Morgan fingerprint density at radius 2 is 2.31 bits per heavy atom. The van der Waals surface area contributed by atoms with Gasteiger partial charge in [-0.25, -0.2) is 4.98 Å². The largest absolute Gasteiger partial charge is 0.478 e. The summed E-state index contributed by atoms with van der Waals surface area (Å²) in [5.74, 6) is 0.617. The highest BCUT2D eigenvalue weighted by atomic mass is 16.5. The Kier molecular flexibility index (Phi) is 4.50. The smallest absolute Gasteiger partial charge is 0.226 e. The number of hydrogen-bond donors (Lipinski definition) is 2. The molecule has 0 bridgehead atoms. The molecule has 0 saturated carbocycles. The first-order valence-electron chi connectivity index (χ1n) is 5.12. The van der Waals surface area contributed by atoms with Crippen LogP contribution in [0.15, 0.2) is 6.07 Å². The Labute approximate surface area is 94.2 Å². The SMILES string of the molecule is CCOc1cc(C)nc(NCCC(N)=O)n1. The molecule has 88 valence electrons. The molecule has 1 aromatic heterocycles. The molecule has 0 saturated heterocycles. The first-order chi connectivity index (χ1) is 7.61. The Hall–Kier alpha value is -1.85. The average molecular weight is 224 g/mol. The Morgan fingerprint density at radius 1 is 1.56 bits per heavy atom. The molecular weight excluding hydrogens is 208 g/mol.